The second-order valence-corrected chi connectivity index (χ2v) is 2.46. The second-order valence-electron chi connectivity index (χ2n) is 2.46. The van der Waals surface area contributed by atoms with Crippen LogP contribution in [0.2, 0.25) is 0 Å². The van der Waals surface area contributed by atoms with Crippen molar-refractivity contribution in [3.63, 3.8) is 0 Å². The molecule has 0 heterocycles. The van der Waals surface area contributed by atoms with E-state index < -0.39 is 0 Å². The Bertz CT molecular complexity index is 252. The summed E-state index contributed by atoms with van der Waals surface area (Å²) in [5, 5.41) is 0. The Hall–Kier alpha value is -1.30. The minimum absolute atomic E-state index is 1.18. The first-order valence-corrected chi connectivity index (χ1v) is 3.61. The molecule has 0 atom stereocenters. The van der Waals surface area contributed by atoms with Crippen molar-refractivity contribution in [2.75, 3.05) is 0 Å². The monoisotopic (exact) mass is 143 g/mol. The average molecular weight is 143 g/mol. The van der Waals surface area contributed by atoms with E-state index in [4.69, 9.17) is 6.58 Å². The Morgan fingerprint density at radius 2 is 1.82 bits per heavy atom. The van der Waals surface area contributed by atoms with Gasteiger partial charge < -0.3 is 0 Å². The van der Waals surface area contributed by atoms with Crippen molar-refractivity contribution in [1.82, 2.24) is 0 Å². The van der Waals surface area contributed by atoms with E-state index in [2.05, 4.69) is 31.2 Å². The van der Waals surface area contributed by atoms with E-state index in [1.54, 1.807) is 0 Å². The highest BCUT2D eigenvalue weighted by molar-refractivity contribution is 5.50. The Morgan fingerprint density at radius 1 is 1.18 bits per heavy atom. The molecule has 0 aliphatic carbocycles. The minimum Gasteiger partial charge on any atom is -0.0623 e. The third kappa shape index (κ3) is 2.42. The topological polar surface area (TPSA) is 0 Å². The van der Waals surface area contributed by atoms with E-state index in [-0.39, 0.29) is 0 Å². The Balaban J connectivity index is 2.81. The van der Waals surface area contributed by atoms with Gasteiger partial charge in [0.2, 0.25) is 0 Å². The standard InChI is InChI=1S/C11H11/c1-3-4-5-11-8-6-10(2)7-9-11/h1,3-9H,2H3. The summed E-state index contributed by atoms with van der Waals surface area (Å²) in [5.74, 6) is 0. The Kier molecular flexibility index (Phi) is 2.67. The smallest absolute Gasteiger partial charge is 0.0256 e. The zero-order valence-corrected chi connectivity index (χ0v) is 6.62. The first-order valence-electron chi connectivity index (χ1n) is 3.61. The van der Waals surface area contributed by atoms with Crippen molar-refractivity contribution in [3.8, 4) is 0 Å². The van der Waals surface area contributed by atoms with Crippen LogP contribution in [0.15, 0.2) is 36.4 Å². The van der Waals surface area contributed by atoms with Crippen LogP contribution in [0, 0.1) is 13.5 Å². The van der Waals surface area contributed by atoms with Gasteiger partial charge in [-0.1, -0.05) is 54.6 Å². The third-order valence-electron chi connectivity index (χ3n) is 1.48. The van der Waals surface area contributed by atoms with Gasteiger partial charge in [0.15, 0.2) is 0 Å². The molecule has 0 saturated heterocycles. The number of rotatable bonds is 2. The highest BCUT2D eigenvalue weighted by Crippen LogP contribution is 2.04. The molecule has 0 bridgehead atoms. The Labute approximate surface area is 67.9 Å². The van der Waals surface area contributed by atoms with E-state index >= 15 is 0 Å². The maximum atomic E-state index is 5.19. The van der Waals surface area contributed by atoms with Gasteiger partial charge in [-0.15, -0.1) is 0 Å². The van der Waals surface area contributed by atoms with Crippen molar-refractivity contribution in [3.05, 3.63) is 54.1 Å². The van der Waals surface area contributed by atoms with E-state index in [9.17, 15) is 0 Å². The van der Waals surface area contributed by atoms with Gasteiger partial charge >= 0.3 is 0 Å². The molecule has 1 rings (SSSR count). The number of aryl methyl sites for hydroxylation is 1. The largest absolute Gasteiger partial charge is 0.0623 e. The maximum absolute atomic E-state index is 5.19. The first kappa shape index (κ1) is 7.80. The minimum atomic E-state index is 1.18. The van der Waals surface area contributed by atoms with Crippen LogP contribution in [-0.4, -0.2) is 0 Å². The molecule has 0 N–H and O–H groups in total. The summed E-state index contributed by atoms with van der Waals surface area (Å²) in [6, 6.07) is 8.29. The lowest BCUT2D eigenvalue weighted by atomic mass is 10.1. The molecule has 0 saturated carbocycles. The Morgan fingerprint density at radius 3 is 2.36 bits per heavy atom. The van der Waals surface area contributed by atoms with Gasteiger partial charge in [-0.2, -0.15) is 0 Å². The molecule has 1 radical (unpaired) electrons. The van der Waals surface area contributed by atoms with Gasteiger partial charge in [0, 0.05) is 0 Å². The quantitative estimate of drug-likeness (QED) is 0.558. The van der Waals surface area contributed by atoms with Crippen molar-refractivity contribution >= 4 is 6.08 Å². The molecule has 0 heteroatoms. The lowest BCUT2D eigenvalue weighted by Gasteiger charge is -1.92. The summed E-state index contributed by atoms with van der Waals surface area (Å²) >= 11 is 0. The molecule has 0 fully saturated rings. The van der Waals surface area contributed by atoms with Crippen LogP contribution in [0.1, 0.15) is 11.1 Å². The molecule has 11 heavy (non-hydrogen) atoms. The number of hydrogen-bond acceptors (Lipinski definition) is 0. The summed E-state index contributed by atoms with van der Waals surface area (Å²) in [5.41, 5.74) is 2.45. The highest BCUT2D eigenvalue weighted by Gasteiger charge is 1.83. The SMILES string of the molecule is [CH]=CC=Cc1ccc(C)cc1. The predicted octanol–water partition coefficient (Wildman–Crippen LogP) is 3.00. The van der Waals surface area contributed by atoms with Gasteiger partial charge in [0.25, 0.3) is 0 Å². The first-order chi connectivity index (χ1) is 5.33. The fourth-order valence-corrected chi connectivity index (χ4v) is 0.844. The van der Waals surface area contributed by atoms with Crippen LogP contribution in [0.4, 0.5) is 0 Å². The fourth-order valence-electron chi connectivity index (χ4n) is 0.844. The van der Waals surface area contributed by atoms with E-state index in [0.29, 0.717) is 0 Å². The van der Waals surface area contributed by atoms with Crippen LogP contribution in [-0.2, 0) is 0 Å². The zero-order chi connectivity index (χ0) is 8.10. The second kappa shape index (κ2) is 3.77. The zero-order valence-electron chi connectivity index (χ0n) is 6.62. The van der Waals surface area contributed by atoms with Crippen LogP contribution >= 0.6 is 0 Å². The number of allylic oxidation sites excluding steroid dienone is 2. The molecule has 0 spiro atoms. The lowest BCUT2D eigenvalue weighted by Crippen LogP contribution is -1.72. The summed E-state index contributed by atoms with van der Waals surface area (Å²) < 4.78 is 0. The van der Waals surface area contributed by atoms with Gasteiger partial charge in [-0.3, -0.25) is 0 Å². The fraction of sp³-hybridized carbons (Fsp3) is 0.0909. The van der Waals surface area contributed by atoms with Crippen LogP contribution in [0.3, 0.4) is 0 Å². The molecule has 0 aromatic heterocycles. The maximum Gasteiger partial charge on any atom is -0.0256 e. The van der Waals surface area contributed by atoms with Crippen LogP contribution in [0.25, 0.3) is 6.08 Å². The third-order valence-corrected chi connectivity index (χ3v) is 1.48. The molecule has 0 amide bonds. The van der Waals surface area contributed by atoms with E-state index in [1.165, 1.54) is 17.2 Å². The van der Waals surface area contributed by atoms with Crippen LogP contribution in [0.5, 0.6) is 0 Å². The molecular weight excluding hydrogens is 132 g/mol. The van der Waals surface area contributed by atoms with Gasteiger partial charge in [0.05, 0.1) is 0 Å². The van der Waals surface area contributed by atoms with Crippen LogP contribution < -0.4 is 0 Å². The molecule has 0 aliphatic heterocycles. The van der Waals surface area contributed by atoms with Crippen molar-refractivity contribution in [1.29, 1.82) is 0 Å². The van der Waals surface area contributed by atoms with E-state index in [0.717, 1.165) is 0 Å². The van der Waals surface area contributed by atoms with Crippen molar-refractivity contribution < 1.29 is 0 Å². The molecule has 0 aliphatic rings. The van der Waals surface area contributed by atoms with E-state index in [1.807, 2.05) is 12.2 Å². The highest BCUT2D eigenvalue weighted by atomic mass is 13.9. The molecule has 1 aromatic carbocycles. The van der Waals surface area contributed by atoms with Gasteiger partial charge in [-0.05, 0) is 12.5 Å². The summed E-state index contributed by atoms with van der Waals surface area (Å²) in [6.45, 7) is 7.27. The van der Waals surface area contributed by atoms with Gasteiger partial charge in [0.1, 0.15) is 0 Å². The molecule has 1 aromatic rings. The van der Waals surface area contributed by atoms with Gasteiger partial charge in [-0.25, -0.2) is 0 Å². The summed E-state index contributed by atoms with van der Waals surface area (Å²) in [6.07, 6.45) is 5.32. The number of benzene rings is 1. The predicted molar refractivity (Wildman–Crippen MR) is 49.1 cm³/mol. The molecule has 0 nitrogen and oxygen atoms in total. The normalized spacial score (nSPS) is 10.3. The summed E-state index contributed by atoms with van der Waals surface area (Å²) in [4.78, 5) is 0. The van der Waals surface area contributed by atoms with Crippen molar-refractivity contribution in [2.45, 2.75) is 6.92 Å². The molecule has 0 unspecified atom stereocenters. The summed E-state index contributed by atoms with van der Waals surface area (Å²) in [7, 11) is 0. The lowest BCUT2D eigenvalue weighted by molar-refractivity contribution is 1.46. The molecular formula is C11H11. The molecule has 55 valence electrons. The van der Waals surface area contributed by atoms with Crippen molar-refractivity contribution in [2.24, 2.45) is 0 Å². The number of hydrogen-bond donors (Lipinski definition) is 0. The average Bonchev–Trinajstić information content (AvgIpc) is 2.04.